The number of rotatable bonds is 7. The second-order valence-corrected chi connectivity index (χ2v) is 9.10. The molecule has 7 heteroatoms. The zero-order valence-electron chi connectivity index (χ0n) is 17.1. The normalized spacial score (nSPS) is 11.6. The number of thioether (sulfide) groups is 1. The van der Waals surface area contributed by atoms with Gasteiger partial charge in [-0.3, -0.25) is 9.59 Å². The van der Waals surface area contributed by atoms with E-state index in [1.165, 1.54) is 11.8 Å². The smallest absolute Gasteiger partial charge is 0.255 e. The van der Waals surface area contributed by atoms with Gasteiger partial charge >= 0.3 is 0 Å². The third kappa shape index (κ3) is 6.50. The van der Waals surface area contributed by atoms with Crippen LogP contribution in [0.15, 0.2) is 71.6 Å². The lowest BCUT2D eigenvalue weighted by atomic mass is 10.1. The first-order chi connectivity index (χ1) is 14.9. The first-order valence-corrected chi connectivity index (χ1v) is 11.4. The molecule has 0 spiro atoms. The minimum absolute atomic E-state index is 0.161. The summed E-state index contributed by atoms with van der Waals surface area (Å²) in [4.78, 5) is 26.1. The number of nitrogens with one attached hydrogen (secondary N) is 2. The summed E-state index contributed by atoms with van der Waals surface area (Å²) in [5.74, 6) is -0.340. The Bertz CT molecular complexity index is 1090. The van der Waals surface area contributed by atoms with Crippen molar-refractivity contribution in [3.05, 3.63) is 87.9 Å². The Morgan fingerprint density at radius 2 is 1.71 bits per heavy atom. The molecular weight excluding hydrogens is 451 g/mol. The van der Waals surface area contributed by atoms with E-state index in [0.717, 1.165) is 10.5 Å². The second-order valence-electron chi connectivity index (χ2n) is 6.98. The maximum Gasteiger partial charge on any atom is 0.255 e. The number of hydrogen-bond acceptors (Lipinski definition) is 3. The van der Waals surface area contributed by atoms with Gasteiger partial charge in [-0.05, 0) is 61.9 Å². The Morgan fingerprint density at radius 1 is 0.968 bits per heavy atom. The molecule has 0 saturated heterocycles. The van der Waals surface area contributed by atoms with E-state index in [9.17, 15) is 9.59 Å². The molecule has 4 nitrogen and oxygen atoms in total. The van der Waals surface area contributed by atoms with Gasteiger partial charge in [0.1, 0.15) is 0 Å². The summed E-state index contributed by atoms with van der Waals surface area (Å²) in [7, 11) is 0. The van der Waals surface area contributed by atoms with Gasteiger partial charge in [0.15, 0.2) is 0 Å². The van der Waals surface area contributed by atoms with E-state index in [-0.39, 0.29) is 17.1 Å². The van der Waals surface area contributed by atoms with Crippen LogP contribution in [0.2, 0.25) is 10.0 Å². The van der Waals surface area contributed by atoms with Crippen molar-refractivity contribution in [3.8, 4) is 0 Å². The molecular formula is C24H22Cl2N2O2S. The zero-order chi connectivity index (χ0) is 22.4. The molecule has 2 amide bonds. The molecule has 0 fully saturated rings. The third-order valence-corrected chi connectivity index (χ3v) is 6.46. The monoisotopic (exact) mass is 472 g/mol. The van der Waals surface area contributed by atoms with Gasteiger partial charge < -0.3 is 10.6 Å². The first-order valence-electron chi connectivity index (χ1n) is 9.76. The number of halogens is 2. The molecule has 0 heterocycles. The average molecular weight is 473 g/mol. The van der Waals surface area contributed by atoms with E-state index in [1.54, 1.807) is 30.3 Å². The van der Waals surface area contributed by atoms with Crippen LogP contribution in [-0.4, -0.2) is 17.1 Å². The highest BCUT2D eigenvalue weighted by Gasteiger charge is 2.19. The van der Waals surface area contributed by atoms with E-state index in [4.69, 9.17) is 23.2 Å². The molecule has 2 N–H and O–H groups in total. The quantitative estimate of drug-likeness (QED) is 0.361. The minimum Gasteiger partial charge on any atom is -0.324 e. The van der Waals surface area contributed by atoms with Crippen molar-refractivity contribution in [2.24, 2.45) is 0 Å². The largest absolute Gasteiger partial charge is 0.324 e. The highest BCUT2D eigenvalue weighted by molar-refractivity contribution is 8.00. The van der Waals surface area contributed by atoms with Crippen LogP contribution in [-0.2, 0) is 4.79 Å². The van der Waals surface area contributed by atoms with Crippen molar-refractivity contribution < 1.29 is 9.59 Å². The van der Waals surface area contributed by atoms with E-state index < -0.39 is 0 Å². The van der Waals surface area contributed by atoms with Crippen molar-refractivity contribution in [3.63, 3.8) is 0 Å². The van der Waals surface area contributed by atoms with Crippen LogP contribution < -0.4 is 10.6 Å². The van der Waals surface area contributed by atoms with Crippen LogP contribution >= 0.6 is 35.0 Å². The summed E-state index contributed by atoms with van der Waals surface area (Å²) >= 11 is 13.6. The predicted octanol–water partition coefficient (Wildman–Crippen LogP) is 7.06. The molecule has 0 aliphatic carbocycles. The fraction of sp³-hybridized carbons (Fsp3) is 0.167. The SMILES string of the molecule is CCC(Sc1cccc(NC(=O)c2ccc(C)cc2)c1)C(=O)Nc1cc(Cl)ccc1Cl. The Kier molecular flexibility index (Phi) is 8.02. The van der Waals surface area contributed by atoms with Crippen LogP contribution in [0.4, 0.5) is 11.4 Å². The van der Waals surface area contributed by atoms with E-state index >= 15 is 0 Å². The number of aryl methyl sites for hydroxylation is 1. The van der Waals surface area contributed by atoms with Gasteiger partial charge in [0, 0.05) is 21.2 Å². The molecule has 31 heavy (non-hydrogen) atoms. The average Bonchev–Trinajstić information content (AvgIpc) is 2.75. The second kappa shape index (κ2) is 10.7. The van der Waals surface area contributed by atoms with Gasteiger partial charge in [-0.15, -0.1) is 11.8 Å². The van der Waals surface area contributed by atoms with Gasteiger partial charge in [-0.1, -0.05) is 53.9 Å². The first kappa shape index (κ1) is 23.2. The van der Waals surface area contributed by atoms with E-state index in [1.807, 2.05) is 50.2 Å². The molecule has 0 aliphatic rings. The number of amides is 2. The van der Waals surface area contributed by atoms with Crippen LogP contribution in [0.25, 0.3) is 0 Å². The lowest BCUT2D eigenvalue weighted by molar-refractivity contribution is -0.115. The highest BCUT2D eigenvalue weighted by Crippen LogP contribution is 2.30. The van der Waals surface area contributed by atoms with E-state index in [0.29, 0.717) is 33.4 Å². The highest BCUT2D eigenvalue weighted by atomic mass is 35.5. The van der Waals surface area contributed by atoms with Crippen LogP contribution in [0.5, 0.6) is 0 Å². The molecule has 1 atom stereocenters. The van der Waals surface area contributed by atoms with Gasteiger partial charge in [-0.2, -0.15) is 0 Å². The molecule has 1 unspecified atom stereocenters. The summed E-state index contributed by atoms with van der Waals surface area (Å²) in [5, 5.41) is 6.35. The number of carbonyl (C=O) groups excluding carboxylic acids is 2. The van der Waals surface area contributed by atoms with Crippen molar-refractivity contribution in [2.75, 3.05) is 10.6 Å². The van der Waals surface area contributed by atoms with Crippen LogP contribution in [0.1, 0.15) is 29.3 Å². The summed E-state index contributed by atoms with van der Waals surface area (Å²) < 4.78 is 0. The number of carbonyl (C=O) groups is 2. The molecule has 0 radical (unpaired) electrons. The summed E-state index contributed by atoms with van der Waals surface area (Å²) in [5.41, 5.74) is 2.84. The molecule has 0 saturated carbocycles. The molecule has 3 aromatic rings. The number of anilines is 2. The minimum atomic E-state index is -0.335. The molecule has 0 aliphatic heterocycles. The third-order valence-electron chi connectivity index (χ3n) is 4.53. The van der Waals surface area contributed by atoms with Gasteiger partial charge in [0.05, 0.1) is 16.0 Å². The molecule has 0 bridgehead atoms. The summed E-state index contributed by atoms with van der Waals surface area (Å²) in [6.45, 7) is 3.92. The molecule has 3 aromatic carbocycles. The van der Waals surface area contributed by atoms with Crippen molar-refractivity contribution in [2.45, 2.75) is 30.4 Å². The maximum atomic E-state index is 12.8. The van der Waals surface area contributed by atoms with Gasteiger partial charge in [-0.25, -0.2) is 0 Å². The van der Waals surface area contributed by atoms with Gasteiger partial charge in [0.2, 0.25) is 5.91 Å². The topological polar surface area (TPSA) is 58.2 Å². The zero-order valence-corrected chi connectivity index (χ0v) is 19.4. The van der Waals surface area contributed by atoms with Crippen molar-refractivity contribution in [1.29, 1.82) is 0 Å². The molecule has 0 aromatic heterocycles. The number of hydrogen-bond donors (Lipinski definition) is 2. The Balaban J connectivity index is 1.68. The Hall–Kier alpha value is -2.47. The fourth-order valence-electron chi connectivity index (χ4n) is 2.85. The van der Waals surface area contributed by atoms with Crippen molar-refractivity contribution in [1.82, 2.24) is 0 Å². The van der Waals surface area contributed by atoms with E-state index in [2.05, 4.69) is 10.6 Å². The molecule has 3 rings (SSSR count). The maximum absolute atomic E-state index is 12.8. The Labute approximate surface area is 196 Å². The number of benzene rings is 3. The standard InChI is InChI=1S/C24H22Cl2N2O2S/c1-3-22(24(30)28-21-13-17(25)11-12-20(21)26)31-19-6-4-5-18(14-19)27-23(29)16-9-7-15(2)8-10-16/h4-14,22H,3H2,1-2H3,(H,27,29)(H,28,30). The lowest BCUT2D eigenvalue weighted by Gasteiger charge is -2.16. The fourth-order valence-corrected chi connectivity index (χ4v) is 4.20. The van der Waals surface area contributed by atoms with Crippen molar-refractivity contribution >= 4 is 58.2 Å². The van der Waals surface area contributed by atoms with Crippen LogP contribution in [0, 0.1) is 6.92 Å². The summed E-state index contributed by atoms with van der Waals surface area (Å²) in [6, 6.07) is 19.8. The Morgan fingerprint density at radius 3 is 2.42 bits per heavy atom. The molecule has 160 valence electrons. The van der Waals surface area contributed by atoms with Gasteiger partial charge in [0.25, 0.3) is 5.91 Å². The predicted molar refractivity (Wildman–Crippen MR) is 131 cm³/mol. The van der Waals surface area contributed by atoms with Crippen LogP contribution in [0.3, 0.4) is 0 Å². The summed E-state index contributed by atoms with van der Waals surface area (Å²) in [6.07, 6.45) is 0.620. The lowest BCUT2D eigenvalue weighted by Crippen LogP contribution is -2.24.